The zero-order valence-electron chi connectivity index (χ0n) is 24.7. The molecule has 0 saturated heterocycles. The highest BCUT2D eigenvalue weighted by Crippen LogP contribution is 2.42. The quantitative estimate of drug-likeness (QED) is 0.0779. The van der Waals surface area contributed by atoms with Crippen molar-refractivity contribution in [2.24, 2.45) is 11.8 Å². The molecular formula is C33H67Cl. The topological polar surface area (TPSA) is 0 Å². The number of halogens is 1. The van der Waals surface area contributed by atoms with E-state index in [-0.39, 0.29) is 4.87 Å². The Hall–Kier alpha value is 0.290. The lowest BCUT2D eigenvalue weighted by Crippen LogP contribution is -2.37. The summed E-state index contributed by atoms with van der Waals surface area (Å²) >= 11 is 7.29. The summed E-state index contributed by atoms with van der Waals surface area (Å²) in [6, 6.07) is 0. The van der Waals surface area contributed by atoms with E-state index in [0.717, 1.165) is 6.42 Å². The Morgan fingerprint density at radius 1 is 0.441 bits per heavy atom. The number of unbranched alkanes of at least 4 members (excludes halogenated alkanes) is 20. The lowest BCUT2D eigenvalue weighted by Gasteiger charge is -2.39. The minimum atomic E-state index is 0.0110. The van der Waals surface area contributed by atoms with Gasteiger partial charge in [-0.05, 0) is 31.1 Å². The number of alkyl halides is 1. The second-order valence-corrected chi connectivity index (χ2v) is 12.5. The minimum Gasteiger partial charge on any atom is -0.119 e. The first-order valence-corrected chi connectivity index (χ1v) is 16.6. The summed E-state index contributed by atoms with van der Waals surface area (Å²) in [5.74, 6) is 1.28. The predicted molar refractivity (Wildman–Crippen MR) is 159 cm³/mol. The van der Waals surface area contributed by atoms with Crippen molar-refractivity contribution in [2.75, 3.05) is 0 Å². The van der Waals surface area contributed by atoms with E-state index in [1.54, 1.807) is 0 Å². The fourth-order valence-corrected chi connectivity index (χ4v) is 6.12. The third-order valence-corrected chi connectivity index (χ3v) is 9.50. The normalized spacial score (nSPS) is 14.6. The molecule has 0 aliphatic heterocycles. The first kappa shape index (κ1) is 34.3. The van der Waals surface area contributed by atoms with E-state index in [9.17, 15) is 0 Å². The van der Waals surface area contributed by atoms with Crippen LogP contribution in [0.4, 0.5) is 0 Å². The van der Waals surface area contributed by atoms with Gasteiger partial charge in [0.25, 0.3) is 0 Å². The van der Waals surface area contributed by atoms with Crippen molar-refractivity contribution >= 4 is 11.6 Å². The van der Waals surface area contributed by atoms with Crippen LogP contribution >= 0.6 is 11.6 Å². The van der Waals surface area contributed by atoms with E-state index < -0.39 is 0 Å². The molecule has 0 N–H and O–H groups in total. The fourth-order valence-electron chi connectivity index (χ4n) is 5.90. The van der Waals surface area contributed by atoms with Crippen LogP contribution in [0.25, 0.3) is 0 Å². The van der Waals surface area contributed by atoms with Gasteiger partial charge in [0.05, 0.1) is 0 Å². The molecule has 0 rings (SSSR count). The van der Waals surface area contributed by atoms with Gasteiger partial charge in [0.1, 0.15) is 0 Å². The summed E-state index contributed by atoms with van der Waals surface area (Å²) in [5.41, 5.74) is 0. The highest BCUT2D eigenvalue weighted by molar-refractivity contribution is 6.24. The van der Waals surface area contributed by atoms with Gasteiger partial charge in [-0.25, -0.2) is 0 Å². The molecule has 0 amide bonds. The third kappa shape index (κ3) is 18.5. The largest absolute Gasteiger partial charge is 0.119 e. The molecule has 0 aromatic rings. The Balaban J connectivity index is 4.00. The molecular weight excluding hydrogens is 432 g/mol. The smallest absolute Gasteiger partial charge is 0.0495 e. The zero-order valence-corrected chi connectivity index (χ0v) is 25.5. The third-order valence-electron chi connectivity index (χ3n) is 8.49. The SMILES string of the molecule is CCCCCCCCCCCCCCC(CCCCCCCCCCCC)C(Cl)(CC)C(C)C. The molecule has 0 fully saturated rings. The summed E-state index contributed by atoms with van der Waals surface area (Å²) in [5, 5.41) is 0. The summed E-state index contributed by atoms with van der Waals surface area (Å²) in [7, 11) is 0. The van der Waals surface area contributed by atoms with E-state index in [2.05, 4.69) is 34.6 Å². The molecule has 0 aliphatic rings. The number of hydrogen-bond acceptors (Lipinski definition) is 0. The van der Waals surface area contributed by atoms with Gasteiger partial charge >= 0.3 is 0 Å². The number of rotatable bonds is 27. The first-order valence-electron chi connectivity index (χ1n) is 16.2. The lowest BCUT2D eigenvalue weighted by molar-refractivity contribution is 0.239. The lowest BCUT2D eigenvalue weighted by atomic mass is 9.75. The Labute approximate surface area is 223 Å². The van der Waals surface area contributed by atoms with E-state index >= 15 is 0 Å². The van der Waals surface area contributed by atoms with Gasteiger partial charge in [-0.2, -0.15) is 0 Å². The Kier molecular flexibility index (Phi) is 25.2. The second kappa shape index (κ2) is 25.0. The molecule has 0 aromatic heterocycles. The molecule has 2 unspecified atom stereocenters. The standard InChI is InChI=1S/C33H67Cl/c1-6-9-11-13-15-17-19-20-22-24-26-28-30-32(33(34,8-3)31(4)5)29-27-25-23-21-18-16-14-12-10-7-2/h31-32H,6-30H2,1-5H3. The molecule has 0 saturated carbocycles. The molecule has 2 atom stereocenters. The highest BCUT2D eigenvalue weighted by atomic mass is 35.5. The van der Waals surface area contributed by atoms with Crippen LogP contribution in [0, 0.1) is 11.8 Å². The van der Waals surface area contributed by atoms with Gasteiger partial charge in [0.15, 0.2) is 0 Å². The molecule has 0 aliphatic carbocycles. The molecule has 0 spiro atoms. The van der Waals surface area contributed by atoms with Crippen molar-refractivity contribution in [3.8, 4) is 0 Å². The molecule has 0 aromatic carbocycles. The van der Waals surface area contributed by atoms with Gasteiger partial charge in [0.2, 0.25) is 0 Å². The van der Waals surface area contributed by atoms with Crippen LogP contribution in [0.15, 0.2) is 0 Å². The Morgan fingerprint density at radius 2 is 0.706 bits per heavy atom. The summed E-state index contributed by atoms with van der Waals surface area (Å²) < 4.78 is 0. The molecule has 0 nitrogen and oxygen atoms in total. The zero-order chi connectivity index (χ0) is 25.3. The molecule has 34 heavy (non-hydrogen) atoms. The van der Waals surface area contributed by atoms with Gasteiger partial charge < -0.3 is 0 Å². The van der Waals surface area contributed by atoms with Crippen LogP contribution < -0.4 is 0 Å². The average molecular weight is 499 g/mol. The van der Waals surface area contributed by atoms with Crippen LogP contribution in [0.2, 0.25) is 0 Å². The minimum absolute atomic E-state index is 0.0110. The van der Waals surface area contributed by atoms with Crippen molar-refractivity contribution in [2.45, 2.75) is 200 Å². The van der Waals surface area contributed by atoms with Gasteiger partial charge in [-0.1, -0.05) is 176 Å². The average Bonchev–Trinajstić information content (AvgIpc) is 2.83. The van der Waals surface area contributed by atoms with Crippen molar-refractivity contribution in [3.05, 3.63) is 0 Å². The van der Waals surface area contributed by atoms with Crippen LogP contribution in [-0.4, -0.2) is 4.87 Å². The Bertz CT molecular complexity index is 390. The predicted octanol–water partition coefficient (Wildman–Crippen LogP) is 13.0. The van der Waals surface area contributed by atoms with Crippen molar-refractivity contribution < 1.29 is 0 Å². The van der Waals surface area contributed by atoms with Crippen LogP contribution in [-0.2, 0) is 0 Å². The van der Waals surface area contributed by atoms with Gasteiger partial charge in [-0.3, -0.25) is 0 Å². The maximum atomic E-state index is 7.29. The van der Waals surface area contributed by atoms with E-state index in [4.69, 9.17) is 11.6 Å². The first-order chi connectivity index (χ1) is 16.5. The molecule has 1 heteroatoms. The maximum Gasteiger partial charge on any atom is 0.0495 e. The van der Waals surface area contributed by atoms with Gasteiger partial charge in [-0.15, -0.1) is 11.6 Å². The van der Waals surface area contributed by atoms with E-state index in [0.29, 0.717) is 11.8 Å². The second-order valence-electron chi connectivity index (χ2n) is 11.8. The summed E-state index contributed by atoms with van der Waals surface area (Å²) in [6.07, 6.45) is 35.3. The molecule has 0 heterocycles. The maximum absolute atomic E-state index is 7.29. The van der Waals surface area contributed by atoms with Gasteiger partial charge in [0, 0.05) is 4.87 Å². The van der Waals surface area contributed by atoms with Crippen LogP contribution in [0.1, 0.15) is 195 Å². The van der Waals surface area contributed by atoms with Crippen LogP contribution in [0.3, 0.4) is 0 Å². The highest BCUT2D eigenvalue weighted by Gasteiger charge is 2.37. The monoisotopic (exact) mass is 498 g/mol. The summed E-state index contributed by atoms with van der Waals surface area (Å²) in [4.78, 5) is 0.0110. The summed E-state index contributed by atoms with van der Waals surface area (Å²) in [6.45, 7) is 11.6. The fraction of sp³-hybridized carbons (Fsp3) is 1.00. The van der Waals surface area contributed by atoms with E-state index in [1.165, 1.54) is 154 Å². The van der Waals surface area contributed by atoms with Crippen LogP contribution in [0.5, 0.6) is 0 Å². The van der Waals surface area contributed by atoms with Crippen molar-refractivity contribution in [1.82, 2.24) is 0 Å². The Morgan fingerprint density at radius 3 is 0.941 bits per heavy atom. The number of hydrogen-bond donors (Lipinski definition) is 0. The molecule has 0 radical (unpaired) electrons. The molecule has 206 valence electrons. The van der Waals surface area contributed by atoms with E-state index in [1.807, 2.05) is 0 Å². The van der Waals surface area contributed by atoms with Crippen molar-refractivity contribution in [3.63, 3.8) is 0 Å². The van der Waals surface area contributed by atoms with Crippen molar-refractivity contribution in [1.29, 1.82) is 0 Å². The molecule has 0 bridgehead atoms.